The van der Waals surface area contributed by atoms with Crippen molar-refractivity contribution in [2.24, 2.45) is 0 Å². The molecule has 0 radical (unpaired) electrons. The van der Waals surface area contributed by atoms with Crippen molar-refractivity contribution in [1.29, 1.82) is 0 Å². The van der Waals surface area contributed by atoms with Crippen LogP contribution in [0.25, 0.3) is 11.5 Å². The zero-order valence-electron chi connectivity index (χ0n) is 14.6. The van der Waals surface area contributed by atoms with Crippen molar-refractivity contribution >= 4 is 38.9 Å². The highest BCUT2D eigenvalue weighted by Gasteiger charge is 2.32. The molecule has 1 fully saturated rings. The van der Waals surface area contributed by atoms with Gasteiger partial charge in [-0.3, -0.25) is 0 Å². The first kappa shape index (κ1) is 19.3. The second-order valence-electron chi connectivity index (χ2n) is 6.20. The summed E-state index contributed by atoms with van der Waals surface area (Å²) >= 11 is 12.0. The molecular formula is C19H16Cl2N2O4S. The van der Waals surface area contributed by atoms with Gasteiger partial charge in [0.25, 0.3) is 0 Å². The molecule has 1 saturated heterocycles. The highest BCUT2D eigenvalue weighted by Crippen LogP contribution is 2.35. The average Bonchev–Trinajstić information content (AvgIpc) is 3.15. The van der Waals surface area contributed by atoms with E-state index in [-0.39, 0.29) is 21.7 Å². The Morgan fingerprint density at radius 2 is 1.68 bits per heavy atom. The molecule has 0 spiro atoms. The molecule has 9 heteroatoms. The van der Waals surface area contributed by atoms with Crippen LogP contribution in [0.1, 0.15) is 0 Å². The number of morpholine rings is 1. The minimum Gasteiger partial charge on any atom is -0.419 e. The maximum Gasteiger partial charge on any atom is 0.236 e. The van der Waals surface area contributed by atoms with E-state index in [0.717, 1.165) is 0 Å². The third-order valence-electron chi connectivity index (χ3n) is 4.33. The van der Waals surface area contributed by atoms with Crippen molar-refractivity contribution in [1.82, 2.24) is 4.98 Å². The average molecular weight is 439 g/mol. The third kappa shape index (κ3) is 3.75. The predicted molar refractivity (Wildman–Crippen MR) is 107 cm³/mol. The Morgan fingerprint density at radius 3 is 2.36 bits per heavy atom. The van der Waals surface area contributed by atoms with E-state index in [1.807, 2.05) is 4.90 Å². The van der Waals surface area contributed by atoms with Crippen LogP contribution in [0.3, 0.4) is 0 Å². The summed E-state index contributed by atoms with van der Waals surface area (Å²) in [5, 5.41) is 0.824. The van der Waals surface area contributed by atoms with Gasteiger partial charge in [0.2, 0.25) is 26.6 Å². The summed E-state index contributed by atoms with van der Waals surface area (Å²) in [7, 11) is -3.91. The Hall–Kier alpha value is -2.06. The van der Waals surface area contributed by atoms with E-state index in [4.69, 9.17) is 32.4 Å². The van der Waals surface area contributed by atoms with E-state index in [1.165, 1.54) is 24.3 Å². The predicted octanol–water partition coefficient (Wildman–Crippen LogP) is 4.32. The standard InChI is InChI=1S/C19H16Cl2N2O4S/c20-14-4-6-16(7-5-14)28(24,25)18-19(23-8-10-26-11-9-23)27-17(22-18)13-2-1-3-15(21)12-13/h1-7,12H,8-11H2. The largest absolute Gasteiger partial charge is 0.419 e. The van der Waals surface area contributed by atoms with Crippen molar-refractivity contribution < 1.29 is 17.6 Å². The molecular weight excluding hydrogens is 423 g/mol. The quantitative estimate of drug-likeness (QED) is 0.603. The second-order valence-corrected chi connectivity index (χ2v) is 8.93. The molecule has 4 rings (SSSR count). The lowest BCUT2D eigenvalue weighted by Crippen LogP contribution is -2.36. The van der Waals surface area contributed by atoms with Crippen LogP contribution in [0.4, 0.5) is 5.88 Å². The molecule has 6 nitrogen and oxygen atoms in total. The molecule has 28 heavy (non-hydrogen) atoms. The van der Waals surface area contributed by atoms with Gasteiger partial charge in [-0.15, -0.1) is 0 Å². The zero-order valence-corrected chi connectivity index (χ0v) is 17.0. The number of nitrogens with zero attached hydrogens (tertiary/aromatic N) is 2. The maximum absolute atomic E-state index is 13.3. The van der Waals surface area contributed by atoms with Crippen LogP contribution in [-0.4, -0.2) is 39.7 Å². The van der Waals surface area contributed by atoms with Crippen LogP contribution >= 0.6 is 23.2 Å². The Labute approximate surface area is 172 Å². The molecule has 0 aliphatic carbocycles. The lowest BCUT2D eigenvalue weighted by atomic mass is 10.2. The van der Waals surface area contributed by atoms with E-state index in [2.05, 4.69) is 4.98 Å². The fourth-order valence-electron chi connectivity index (χ4n) is 2.91. The van der Waals surface area contributed by atoms with Crippen molar-refractivity contribution in [3.63, 3.8) is 0 Å². The van der Waals surface area contributed by atoms with Crippen LogP contribution < -0.4 is 4.90 Å². The summed E-state index contributed by atoms with van der Waals surface area (Å²) in [4.78, 5) is 6.26. The van der Waals surface area contributed by atoms with Gasteiger partial charge >= 0.3 is 0 Å². The Morgan fingerprint density at radius 1 is 0.964 bits per heavy atom. The van der Waals surface area contributed by atoms with Crippen LogP contribution in [0.15, 0.2) is 62.9 Å². The van der Waals surface area contributed by atoms with Crippen molar-refractivity contribution in [3.05, 3.63) is 58.6 Å². The topological polar surface area (TPSA) is 72.6 Å². The van der Waals surface area contributed by atoms with Crippen LogP contribution in [-0.2, 0) is 14.6 Å². The first-order chi connectivity index (χ1) is 13.4. The van der Waals surface area contributed by atoms with Gasteiger partial charge in [-0.2, -0.15) is 4.98 Å². The number of ether oxygens (including phenoxy) is 1. The number of hydrogen-bond acceptors (Lipinski definition) is 6. The normalized spacial score (nSPS) is 15.0. The Bertz CT molecular complexity index is 1090. The van der Waals surface area contributed by atoms with Gasteiger partial charge in [-0.05, 0) is 42.5 Å². The van der Waals surface area contributed by atoms with Crippen LogP contribution in [0, 0.1) is 0 Å². The molecule has 0 bridgehead atoms. The summed E-state index contributed by atoms with van der Waals surface area (Å²) in [6.45, 7) is 1.97. The third-order valence-corrected chi connectivity index (χ3v) is 6.48. The summed E-state index contributed by atoms with van der Waals surface area (Å²) in [6, 6.07) is 12.9. The molecule has 0 atom stereocenters. The molecule has 146 valence electrons. The fraction of sp³-hybridized carbons (Fsp3) is 0.211. The van der Waals surface area contributed by atoms with Gasteiger partial charge in [0.05, 0.1) is 18.1 Å². The zero-order chi connectivity index (χ0) is 19.7. The Kier molecular flexibility index (Phi) is 5.33. The number of anilines is 1. The first-order valence-electron chi connectivity index (χ1n) is 8.55. The minimum atomic E-state index is -3.91. The van der Waals surface area contributed by atoms with Gasteiger partial charge in [0.15, 0.2) is 0 Å². The summed E-state index contributed by atoms with van der Waals surface area (Å²) in [6.07, 6.45) is 0. The number of rotatable bonds is 4. The molecule has 0 amide bonds. The Balaban J connectivity index is 1.85. The van der Waals surface area contributed by atoms with E-state index < -0.39 is 9.84 Å². The van der Waals surface area contributed by atoms with Gasteiger partial charge < -0.3 is 14.1 Å². The molecule has 2 aromatic carbocycles. The molecule has 0 saturated carbocycles. The van der Waals surface area contributed by atoms with Crippen molar-refractivity contribution in [2.75, 3.05) is 31.2 Å². The molecule has 0 N–H and O–H groups in total. The lowest BCUT2D eigenvalue weighted by Gasteiger charge is -2.26. The van der Waals surface area contributed by atoms with E-state index >= 15 is 0 Å². The number of sulfone groups is 1. The van der Waals surface area contributed by atoms with Crippen molar-refractivity contribution in [2.45, 2.75) is 9.92 Å². The summed E-state index contributed by atoms with van der Waals surface area (Å²) in [5.41, 5.74) is 0.597. The van der Waals surface area contributed by atoms with Gasteiger partial charge in [-0.1, -0.05) is 29.3 Å². The second kappa shape index (κ2) is 7.75. The molecule has 1 aliphatic rings. The maximum atomic E-state index is 13.3. The van der Waals surface area contributed by atoms with Gasteiger partial charge in [-0.25, -0.2) is 8.42 Å². The van der Waals surface area contributed by atoms with E-state index in [1.54, 1.807) is 24.3 Å². The lowest BCUT2D eigenvalue weighted by molar-refractivity contribution is 0.120. The summed E-state index contributed by atoms with van der Waals surface area (Å²) in [5.74, 6) is 0.393. The van der Waals surface area contributed by atoms with Gasteiger partial charge in [0, 0.05) is 28.7 Å². The smallest absolute Gasteiger partial charge is 0.236 e. The van der Waals surface area contributed by atoms with E-state index in [0.29, 0.717) is 41.9 Å². The highest BCUT2D eigenvalue weighted by atomic mass is 35.5. The number of benzene rings is 2. The fourth-order valence-corrected chi connectivity index (χ4v) is 4.55. The highest BCUT2D eigenvalue weighted by molar-refractivity contribution is 7.91. The molecule has 1 aromatic heterocycles. The monoisotopic (exact) mass is 438 g/mol. The number of oxazole rings is 1. The minimum absolute atomic E-state index is 0.0948. The van der Waals surface area contributed by atoms with E-state index in [9.17, 15) is 8.42 Å². The number of halogens is 2. The van der Waals surface area contributed by atoms with Crippen molar-refractivity contribution in [3.8, 4) is 11.5 Å². The molecule has 1 aliphatic heterocycles. The van der Waals surface area contributed by atoms with Gasteiger partial charge in [0.1, 0.15) is 0 Å². The van der Waals surface area contributed by atoms with Crippen LogP contribution in [0.2, 0.25) is 10.0 Å². The first-order valence-corrected chi connectivity index (χ1v) is 10.8. The summed E-state index contributed by atoms with van der Waals surface area (Å²) < 4.78 is 37.8. The molecule has 2 heterocycles. The molecule has 3 aromatic rings. The number of aromatic nitrogens is 1. The van der Waals surface area contributed by atoms with Crippen LogP contribution in [0.5, 0.6) is 0 Å². The number of hydrogen-bond donors (Lipinski definition) is 0. The molecule has 0 unspecified atom stereocenters. The SMILES string of the molecule is O=S(=O)(c1ccc(Cl)cc1)c1nc(-c2cccc(Cl)c2)oc1N1CCOCC1.